The van der Waals surface area contributed by atoms with E-state index in [0.717, 1.165) is 31.4 Å². The number of aromatic amines is 1. The lowest BCUT2D eigenvalue weighted by atomic mass is 10.2. The zero-order valence-electron chi connectivity index (χ0n) is 12.2. The Labute approximate surface area is 128 Å². The first kappa shape index (κ1) is 13.3. The average Bonchev–Trinajstić information content (AvgIpc) is 3.44. The number of nitriles is 1. The summed E-state index contributed by atoms with van der Waals surface area (Å²) >= 11 is 0. The average molecular weight is 295 g/mol. The number of rotatable bonds is 5. The summed E-state index contributed by atoms with van der Waals surface area (Å²) in [5, 5.41) is 11.7. The van der Waals surface area contributed by atoms with Crippen LogP contribution in [0.1, 0.15) is 47.7 Å². The highest BCUT2D eigenvalue weighted by molar-refractivity contribution is 6.04. The van der Waals surface area contributed by atoms with Gasteiger partial charge in [0, 0.05) is 24.6 Å². The molecule has 0 bridgehead atoms. The van der Waals surface area contributed by atoms with Crippen LogP contribution in [-0.2, 0) is 0 Å². The summed E-state index contributed by atoms with van der Waals surface area (Å²) in [4.78, 5) is 24.3. The van der Waals surface area contributed by atoms with Gasteiger partial charge in [-0.1, -0.05) is 0 Å². The fraction of sp³-hybridized carbons (Fsp3) is 0.500. The molecule has 2 aromatic heterocycles. The van der Waals surface area contributed by atoms with Crippen molar-refractivity contribution < 1.29 is 4.79 Å². The molecular formula is C16H17N5O. The number of H-pyrrole nitrogens is 1. The van der Waals surface area contributed by atoms with Crippen molar-refractivity contribution in [3.8, 4) is 6.07 Å². The number of carbonyl (C=O) groups is 1. The SMILES string of the molecule is N#C[C@@H]1CC1CCNC(=O)c1c[nH]c2ncc(C3CC3)nc12. The molecule has 2 aliphatic carbocycles. The highest BCUT2D eigenvalue weighted by atomic mass is 16.1. The normalized spacial score (nSPS) is 23.2. The maximum Gasteiger partial charge on any atom is 0.255 e. The molecule has 0 radical (unpaired) electrons. The molecule has 2 N–H and O–H groups in total. The standard InChI is InChI=1S/C16H17N5O/c17-6-11-5-10(11)3-4-18-16(22)12-7-19-15-14(12)21-13(8-20-15)9-1-2-9/h7-11H,1-5H2,(H,18,22)(H,19,20)/t10?,11-/m0/s1. The number of nitrogens with zero attached hydrogens (tertiary/aromatic N) is 3. The van der Waals surface area contributed by atoms with Crippen LogP contribution in [0.5, 0.6) is 0 Å². The van der Waals surface area contributed by atoms with Gasteiger partial charge in [0.15, 0.2) is 5.65 Å². The van der Waals surface area contributed by atoms with Gasteiger partial charge in [0.2, 0.25) is 0 Å². The Balaban J connectivity index is 1.44. The molecular weight excluding hydrogens is 278 g/mol. The smallest absolute Gasteiger partial charge is 0.255 e. The molecule has 2 atom stereocenters. The third kappa shape index (κ3) is 2.43. The van der Waals surface area contributed by atoms with Crippen molar-refractivity contribution in [3.63, 3.8) is 0 Å². The molecule has 0 aromatic carbocycles. The topological polar surface area (TPSA) is 94.5 Å². The molecule has 112 valence electrons. The number of carbonyl (C=O) groups excluding carboxylic acids is 1. The molecule has 2 saturated carbocycles. The molecule has 2 aliphatic rings. The number of fused-ring (bicyclic) bond motifs is 1. The van der Waals surface area contributed by atoms with Crippen LogP contribution in [0.25, 0.3) is 11.2 Å². The van der Waals surface area contributed by atoms with Crippen LogP contribution >= 0.6 is 0 Å². The summed E-state index contributed by atoms with van der Waals surface area (Å²) in [5.41, 5.74) is 2.85. The van der Waals surface area contributed by atoms with Crippen molar-refractivity contribution in [3.05, 3.63) is 23.7 Å². The Morgan fingerprint density at radius 2 is 2.36 bits per heavy atom. The van der Waals surface area contributed by atoms with Gasteiger partial charge in [-0.2, -0.15) is 5.26 Å². The highest BCUT2D eigenvalue weighted by Crippen LogP contribution is 2.40. The van der Waals surface area contributed by atoms with Crippen molar-refractivity contribution in [1.29, 1.82) is 5.26 Å². The maximum absolute atomic E-state index is 12.3. The van der Waals surface area contributed by atoms with Crippen molar-refractivity contribution in [1.82, 2.24) is 20.3 Å². The minimum atomic E-state index is -0.123. The second kappa shape index (κ2) is 5.09. The van der Waals surface area contributed by atoms with Crippen molar-refractivity contribution in [2.45, 2.75) is 31.6 Å². The summed E-state index contributed by atoms with van der Waals surface area (Å²) in [7, 11) is 0. The van der Waals surface area contributed by atoms with E-state index in [1.165, 1.54) is 0 Å². The lowest BCUT2D eigenvalue weighted by molar-refractivity contribution is 0.0954. The van der Waals surface area contributed by atoms with Gasteiger partial charge in [0.1, 0.15) is 5.52 Å². The Morgan fingerprint density at radius 1 is 1.50 bits per heavy atom. The van der Waals surface area contributed by atoms with Gasteiger partial charge >= 0.3 is 0 Å². The van der Waals surface area contributed by atoms with Crippen LogP contribution in [0.15, 0.2) is 12.4 Å². The van der Waals surface area contributed by atoms with E-state index < -0.39 is 0 Å². The van der Waals surface area contributed by atoms with Crippen LogP contribution in [0.4, 0.5) is 0 Å². The second-order valence-electron chi connectivity index (χ2n) is 6.24. The summed E-state index contributed by atoms with van der Waals surface area (Å²) in [6.07, 6.45) is 7.63. The molecule has 2 heterocycles. The molecule has 0 spiro atoms. The molecule has 1 amide bonds. The number of hydrogen-bond acceptors (Lipinski definition) is 4. The van der Waals surface area contributed by atoms with Crippen molar-refractivity contribution in [2.24, 2.45) is 11.8 Å². The first-order valence-electron chi connectivity index (χ1n) is 7.78. The predicted octanol–water partition coefficient (Wildman–Crippen LogP) is 2.11. The van der Waals surface area contributed by atoms with E-state index in [9.17, 15) is 4.79 Å². The molecule has 6 heteroatoms. The van der Waals surface area contributed by atoms with Crippen LogP contribution < -0.4 is 5.32 Å². The number of amides is 1. The summed E-state index contributed by atoms with van der Waals surface area (Å²) in [6, 6.07) is 2.27. The quantitative estimate of drug-likeness (QED) is 0.883. The number of hydrogen-bond donors (Lipinski definition) is 2. The van der Waals surface area contributed by atoms with E-state index in [1.54, 1.807) is 12.4 Å². The van der Waals surface area contributed by atoms with Gasteiger partial charge in [0.25, 0.3) is 5.91 Å². The molecule has 1 unspecified atom stereocenters. The first-order chi connectivity index (χ1) is 10.8. The van der Waals surface area contributed by atoms with Crippen molar-refractivity contribution in [2.75, 3.05) is 6.54 Å². The van der Waals surface area contributed by atoms with Gasteiger partial charge in [-0.15, -0.1) is 0 Å². The fourth-order valence-corrected chi connectivity index (χ4v) is 2.84. The molecule has 0 saturated heterocycles. The van der Waals surface area contributed by atoms with E-state index in [0.29, 0.717) is 35.1 Å². The second-order valence-corrected chi connectivity index (χ2v) is 6.24. The lowest BCUT2D eigenvalue weighted by Crippen LogP contribution is -2.24. The van der Waals surface area contributed by atoms with E-state index in [4.69, 9.17) is 5.26 Å². The van der Waals surface area contributed by atoms with Gasteiger partial charge in [-0.05, 0) is 31.6 Å². The van der Waals surface area contributed by atoms with Crippen LogP contribution in [0.2, 0.25) is 0 Å². The van der Waals surface area contributed by atoms with Gasteiger partial charge in [-0.3, -0.25) is 4.79 Å². The molecule has 22 heavy (non-hydrogen) atoms. The van der Waals surface area contributed by atoms with E-state index in [1.807, 2.05) is 0 Å². The molecule has 2 aromatic rings. The zero-order chi connectivity index (χ0) is 15.1. The predicted molar refractivity (Wildman–Crippen MR) is 80.0 cm³/mol. The Kier molecular flexibility index (Phi) is 3.07. The Morgan fingerprint density at radius 3 is 3.09 bits per heavy atom. The Bertz CT molecular complexity index is 770. The van der Waals surface area contributed by atoms with Gasteiger partial charge < -0.3 is 10.3 Å². The van der Waals surface area contributed by atoms with Crippen LogP contribution in [-0.4, -0.2) is 27.4 Å². The molecule has 2 fully saturated rings. The molecule has 4 rings (SSSR count). The minimum absolute atomic E-state index is 0.123. The largest absolute Gasteiger partial charge is 0.352 e. The van der Waals surface area contributed by atoms with Crippen LogP contribution in [0, 0.1) is 23.2 Å². The van der Waals surface area contributed by atoms with E-state index in [-0.39, 0.29) is 11.8 Å². The maximum atomic E-state index is 12.3. The van der Waals surface area contributed by atoms with Gasteiger partial charge in [-0.25, -0.2) is 9.97 Å². The number of aromatic nitrogens is 3. The third-order valence-corrected chi connectivity index (χ3v) is 4.53. The summed E-state index contributed by atoms with van der Waals surface area (Å²) < 4.78 is 0. The van der Waals surface area contributed by atoms with E-state index in [2.05, 4.69) is 26.3 Å². The molecule has 6 nitrogen and oxygen atoms in total. The lowest BCUT2D eigenvalue weighted by Gasteiger charge is -2.03. The highest BCUT2D eigenvalue weighted by Gasteiger charge is 2.36. The third-order valence-electron chi connectivity index (χ3n) is 4.53. The summed E-state index contributed by atoms with van der Waals surface area (Å²) in [5.74, 6) is 1.04. The van der Waals surface area contributed by atoms with Crippen LogP contribution in [0.3, 0.4) is 0 Å². The fourth-order valence-electron chi connectivity index (χ4n) is 2.84. The monoisotopic (exact) mass is 295 g/mol. The Hall–Kier alpha value is -2.42. The number of nitrogens with one attached hydrogen (secondary N) is 2. The minimum Gasteiger partial charge on any atom is -0.352 e. The first-order valence-corrected chi connectivity index (χ1v) is 7.78. The summed E-state index contributed by atoms with van der Waals surface area (Å²) in [6.45, 7) is 0.601. The van der Waals surface area contributed by atoms with E-state index >= 15 is 0 Å². The van der Waals surface area contributed by atoms with Crippen molar-refractivity contribution >= 4 is 17.1 Å². The molecule has 0 aliphatic heterocycles. The van der Waals surface area contributed by atoms with Gasteiger partial charge in [0.05, 0.1) is 23.5 Å². The zero-order valence-corrected chi connectivity index (χ0v) is 12.2.